The van der Waals surface area contributed by atoms with E-state index >= 15 is 0 Å². The van der Waals surface area contributed by atoms with Crippen molar-refractivity contribution >= 4 is 16.7 Å². The van der Waals surface area contributed by atoms with Crippen LogP contribution >= 0.6 is 0 Å². The van der Waals surface area contributed by atoms with E-state index in [4.69, 9.17) is 4.74 Å². The van der Waals surface area contributed by atoms with Gasteiger partial charge in [0, 0.05) is 19.6 Å². The smallest absolute Gasteiger partial charge is 0.266 e. The molecule has 3 aromatic rings. The van der Waals surface area contributed by atoms with Crippen LogP contribution in [-0.2, 0) is 11.3 Å². The van der Waals surface area contributed by atoms with Crippen molar-refractivity contribution in [3.63, 3.8) is 0 Å². The normalized spacial score (nSPS) is 16.6. The highest BCUT2D eigenvalue weighted by Crippen LogP contribution is 2.27. The van der Waals surface area contributed by atoms with Gasteiger partial charge in [0.05, 0.1) is 35.4 Å². The van der Waals surface area contributed by atoms with Crippen LogP contribution in [-0.4, -0.2) is 46.5 Å². The molecule has 0 atom stereocenters. The molecule has 136 valence electrons. The second-order valence-corrected chi connectivity index (χ2v) is 7.17. The summed E-state index contributed by atoms with van der Waals surface area (Å²) in [6.45, 7) is 5.96. The summed E-state index contributed by atoms with van der Waals surface area (Å²) in [7, 11) is 0. The summed E-state index contributed by atoms with van der Waals surface area (Å²) in [4.78, 5) is 32.7. The third kappa shape index (κ3) is 2.60. The Bertz CT molecular complexity index is 1140. The van der Waals surface area contributed by atoms with Crippen LogP contribution in [0, 0.1) is 6.92 Å². The molecular weight excluding hydrogens is 342 g/mol. The summed E-state index contributed by atoms with van der Waals surface area (Å²) in [6, 6.07) is 11.3. The third-order valence-corrected chi connectivity index (χ3v) is 5.28. The number of aromatic nitrogens is 2. The number of benzene rings is 2. The summed E-state index contributed by atoms with van der Waals surface area (Å²) < 4.78 is 6.85. The average Bonchev–Trinajstić information content (AvgIpc) is 2.95. The van der Waals surface area contributed by atoms with Crippen molar-refractivity contribution in [3.8, 4) is 5.69 Å². The minimum absolute atomic E-state index is 0.185. The van der Waals surface area contributed by atoms with Gasteiger partial charge in [0.25, 0.3) is 5.56 Å². The van der Waals surface area contributed by atoms with Gasteiger partial charge in [0.15, 0.2) is 5.82 Å². The number of nitrogens with zero attached hydrogens (tertiary/aromatic N) is 3. The maximum atomic E-state index is 13.2. The molecule has 0 N–H and O–H groups in total. The van der Waals surface area contributed by atoms with E-state index in [0.717, 1.165) is 44.0 Å². The van der Waals surface area contributed by atoms with Gasteiger partial charge in [-0.1, -0.05) is 17.7 Å². The van der Waals surface area contributed by atoms with Crippen molar-refractivity contribution in [3.05, 3.63) is 69.3 Å². The van der Waals surface area contributed by atoms with Crippen molar-refractivity contribution < 1.29 is 9.53 Å². The highest BCUT2D eigenvalue weighted by molar-refractivity contribution is 6.13. The molecule has 6 heteroatoms. The second kappa shape index (κ2) is 6.11. The Kier molecular flexibility index (Phi) is 3.70. The number of ketones is 1. The van der Waals surface area contributed by atoms with E-state index < -0.39 is 0 Å². The zero-order chi connectivity index (χ0) is 18.5. The Morgan fingerprint density at radius 3 is 2.70 bits per heavy atom. The van der Waals surface area contributed by atoms with Crippen LogP contribution in [0.15, 0.2) is 41.2 Å². The molecular formula is C21H19N3O3. The number of hydrogen-bond acceptors (Lipinski definition) is 5. The lowest BCUT2D eigenvalue weighted by Crippen LogP contribution is -2.35. The summed E-state index contributed by atoms with van der Waals surface area (Å²) in [5.74, 6) is 0.0131. The third-order valence-electron chi connectivity index (χ3n) is 5.28. The first-order valence-electron chi connectivity index (χ1n) is 9.13. The molecule has 2 aromatic carbocycles. The van der Waals surface area contributed by atoms with Gasteiger partial charge in [0.1, 0.15) is 0 Å². The number of fused-ring (bicyclic) bond motifs is 4. The fraction of sp³-hybridized carbons (Fsp3) is 0.286. The lowest BCUT2D eigenvalue weighted by atomic mass is 10.1. The molecule has 3 heterocycles. The highest BCUT2D eigenvalue weighted by Gasteiger charge is 2.30. The van der Waals surface area contributed by atoms with Gasteiger partial charge in [-0.25, -0.2) is 4.98 Å². The molecule has 0 aliphatic carbocycles. The van der Waals surface area contributed by atoms with Crippen LogP contribution in [0.25, 0.3) is 16.6 Å². The zero-order valence-electron chi connectivity index (χ0n) is 15.1. The molecule has 2 aliphatic rings. The van der Waals surface area contributed by atoms with Crippen LogP contribution < -0.4 is 5.56 Å². The van der Waals surface area contributed by atoms with Crippen molar-refractivity contribution in [2.45, 2.75) is 13.5 Å². The zero-order valence-corrected chi connectivity index (χ0v) is 15.1. The molecule has 27 heavy (non-hydrogen) atoms. The lowest BCUT2D eigenvalue weighted by Gasteiger charge is -2.26. The number of rotatable bonds is 2. The molecule has 0 amide bonds. The van der Waals surface area contributed by atoms with E-state index in [1.807, 2.05) is 43.3 Å². The number of carbonyl (C=O) groups excluding carboxylic acids is 1. The first kappa shape index (κ1) is 16.4. The number of carbonyl (C=O) groups is 1. The Labute approximate surface area is 156 Å². The lowest BCUT2D eigenvalue weighted by molar-refractivity contribution is 0.0342. The fourth-order valence-corrected chi connectivity index (χ4v) is 3.87. The van der Waals surface area contributed by atoms with Gasteiger partial charge in [-0.05, 0) is 36.8 Å². The van der Waals surface area contributed by atoms with Crippen LogP contribution in [0.5, 0.6) is 0 Å². The molecule has 1 aromatic heterocycles. The first-order valence-corrected chi connectivity index (χ1v) is 9.13. The Hall–Kier alpha value is -2.83. The van der Waals surface area contributed by atoms with Crippen LogP contribution in [0.3, 0.4) is 0 Å². The quantitative estimate of drug-likeness (QED) is 0.547. The molecule has 1 saturated heterocycles. The summed E-state index contributed by atoms with van der Waals surface area (Å²) >= 11 is 0. The van der Waals surface area contributed by atoms with Crippen molar-refractivity contribution in [2.75, 3.05) is 26.3 Å². The molecule has 1 fully saturated rings. The van der Waals surface area contributed by atoms with E-state index in [0.29, 0.717) is 22.2 Å². The number of ether oxygens (including phenoxy) is 1. The van der Waals surface area contributed by atoms with Gasteiger partial charge in [0.2, 0.25) is 5.78 Å². The molecule has 5 rings (SSSR count). The SMILES string of the molecule is Cc1ccc2c(c1)C(=O)c1nc3ccc(CN4CCOCC4)cc3c(=O)n1-2. The summed E-state index contributed by atoms with van der Waals surface area (Å²) in [5.41, 5.74) is 3.60. The van der Waals surface area contributed by atoms with E-state index in [1.165, 1.54) is 4.57 Å². The maximum Gasteiger partial charge on any atom is 0.266 e. The minimum atomic E-state index is -0.190. The first-order chi connectivity index (χ1) is 13.1. The van der Waals surface area contributed by atoms with Gasteiger partial charge in [-0.3, -0.25) is 19.1 Å². The maximum absolute atomic E-state index is 13.2. The predicted octanol–water partition coefficient (Wildman–Crippen LogP) is 2.07. The van der Waals surface area contributed by atoms with Crippen molar-refractivity contribution in [1.29, 1.82) is 0 Å². The monoisotopic (exact) mass is 361 g/mol. The summed E-state index contributed by atoms with van der Waals surface area (Å²) in [6.07, 6.45) is 0. The Morgan fingerprint density at radius 2 is 1.89 bits per heavy atom. The topological polar surface area (TPSA) is 64.4 Å². The van der Waals surface area contributed by atoms with Crippen LogP contribution in [0.4, 0.5) is 0 Å². The second-order valence-electron chi connectivity index (χ2n) is 7.17. The van der Waals surface area contributed by atoms with Crippen LogP contribution in [0.1, 0.15) is 27.3 Å². The number of morpholine rings is 1. The molecule has 0 spiro atoms. The fourth-order valence-electron chi connectivity index (χ4n) is 3.87. The molecule has 2 aliphatic heterocycles. The predicted molar refractivity (Wildman–Crippen MR) is 102 cm³/mol. The highest BCUT2D eigenvalue weighted by atomic mass is 16.5. The summed E-state index contributed by atoms with van der Waals surface area (Å²) in [5, 5.41) is 0.547. The Balaban J connectivity index is 1.63. The van der Waals surface area contributed by atoms with E-state index in [-0.39, 0.29) is 17.2 Å². The van der Waals surface area contributed by atoms with Gasteiger partial charge >= 0.3 is 0 Å². The van der Waals surface area contributed by atoms with Gasteiger partial charge < -0.3 is 4.74 Å². The average molecular weight is 361 g/mol. The number of hydrogen-bond donors (Lipinski definition) is 0. The molecule has 0 saturated carbocycles. The van der Waals surface area contributed by atoms with E-state index in [1.54, 1.807) is 0 Å². The van der Waals surface area contributed by atoms with Crippen molar-refractivity contribution in [2.24, 2.45) is 0 Å². The standard InChI is InChI=1S/C21H19N3O3/c1-13-2-5-18-16(10-13)19(25)20-22-17-4-3-14(11-15(17)21(26)24(18)20)12-23-6-8-27-9-7-23/h2-5,10-11H,6-9,12H2,1H3. The van der Waals surface area contributed by atoms with Gasteiger partial charge in [-0.2, -0.15) is 0 Å². The number of aryl methyl sites for hydroxylation is 1. The molecule has 0 radical (unpaired) electrons. The van der Waals surface area contributed by atoms with E-state index in [9.17, 15) is 9.59 Å². The minimum Gasteiger partial charge on any atom is -0.379 e. The molecule has 6 nitrogen and oxygen atoms in total. The van der Waals surface area contributed by atoms with E-state index in [2.05, 4.69) is 9.88 Å². The largest absolute Gasteiger partial charge is 0.379 e. The molecule has 0 bridgehead atoms. The molecule has 0 unspecified atom stereocenters. The van der Waals surface area contributed by atoms with Crippen LogP contribution in [0.2, 0.25) is 0 Å². The Morgan fingerprint density at radius 1 is 1.07 bits per heavy atom. The van der Waals surface area contributed by atoms with Gasteiger partial charge in [-0.15, -0.1) is 0 Å². The van der Waals surface area contributed by atoms with Crippen molar-refractivity contribution in [1.82, 2.24) is 14.5 Å².